The van der Waals surface area contributed by atoms with E-state index in [1.54, 1.807) is 0 Å². The van der Waals surface area contributed by atoms with Gasteiger partial charge < -0.3 is 47.7 Å². The Morgan fingerprint density at radius 2 is 0.778 bits per heavy atom. The zero-order valence-corrected chi connectivity index (χ0v) is 28.1. The molecule has 0 saturated heterocycles. The van der Waals surface area contributed by atoms with Gasteiger partial charge in [0.2, 0.25) is 0 Å². The van der Waals surface area contributed by atoms with E-state index in [0.29, 0.717) is 114 Å². The Morgan fingerprint density at radius 3 is 1.13 bits per heavy atom. The molecule has 0 aliphatic carbocycles. The molecule has 0 unspecified atom stereocenters. The van der Waals surface area contributed by atoms with Gasteiger partial charge in [-0.05, 0) is 53.6 Å². The molecular weight excluding hydrogens is 580 g/mol. The first-order valence-corrected chi connectivity index (χ1v) is 16.2. The molecular formula is C35H56O10. The van der Waals surface area contributed by atoms with E-state index in [0.717, 1.165) is 18.6 Å². The van der Waals surface area contributed by atoms with Crippen molar-refractivity contribution in [3.05, 3.63) is 47.5 Å². The number of benzene rings is 2. The van der Waals surface area contributed by atoms with Crippen LogP contribution in [0.2, 0.25) is 0 Å². The summed E-state index contributed by atoms with van der Waals surface area (Å²) in [4.78, 5) is 0. The van der Waals surface area contributed by atoms with Gasteiger partial charge in [-0.3, -0.25) is 0 Å². The Bertz CT molecular complexity index is 1010. The summed E-state index contributed by atoms with van der Waals surface area (Å²) in [7, 11) is 0. The number of hydrogen-bond donors (Lipinski definition) is 1. The number of aliphatic hydroxyl groups is 1. The third-order valence-corrected chi connectivity index (χ3v) is 6.54. The van der Waals surface area contributed by atoms with E-state index in [-0.39, 0.29) is 13.2 Å². The van der Waals surface area contributed by atoms with Crippen molar-refractivity contribution in [2.45, 2.75) is 52.9 Å². The smallest absolute Gasteiger partial charge is 0.161 e. The van der Waals surface area contributed by atoms with Crippen LogP contribution in [0.25, 0.3) is 0 Å². The van der Waals surface area contributed by atoms with Crippen LogP contribution in [-0.4, -0.2) is 104 Å². The summed E-state index contributed by atoms with van der Waals surface area (Å²) in [6, 6.07) is 11.9. The first kappa shape index (κ1) is 38.6. The second kappa shape index (κ2) is 24.6. The number of hydrogen-bond acceptors (Lipinski definition) is 10. The molecule has 0 aliphatic heterocycles. The first-order valence-electron chi connectivity index (χ1n) is 16.2. The van der Waals surface area contributed by atoms with Gasteiger partial charge in [-0.2, -0.15) is 0 Å². The van der Waals surface area contributed by atoms with Gasteiger partial charge in [-0.25, -0.2) is 0 Å². The highest BCUT2D eigenvalue weighted by Crippen LogP contribution is 2.32. The van der Waals surface area contributed by atoms with Gasteiger partial charge in [0.25, 0.3) is 0 Å². The van der Waals surface area contributed by atoms with Gasteiger partial charge in [0, 0.05) is 6.61 Å². The molecule has 10 nitrogen and oxygen atoms in total. The fourth-order valence-electron chi connectivity index (χ4n) is 4.03. The molecule has 0 fully saturated rings. The number of ether oxygens (including phenoxy) is 9. The van der Waals surface area contributed by atoms with E-state index in [1.165, 1.54) is 5.56 Å². The number of aliphatic hydroxyl groups excluding tert-OH is 1. The summed E-state index contributed by atoms with van der Waals surface area (Å²) in [5.41, 5.74) is 2.33. The van der Waals surface area contributed by atoms with Crippen molar-refractivity contribution in [3.63, 3.8) is 0 Å². The Balaban J connectivity index is 1.55. The van der Waals surface area contributed by atoms with Gasteiger partial charge in [0.1, 0.15) is 26.4 Å². The van der Waals surface area contributed by atoms with Crippen molar-refractivity contribution in [3.8, 4) is 23.0 Å². The monoisotopic (exact) mass is 636 g/mol. The highest BCUT2D eigenvalue weighted by Gasteiger charge is 2.11. The van der Waals surface area contributed by atoms with Gasteiger partial charge in [-0.1, -0.05) is 46.8 Å². The van der Waals surface area contributed by atoms with Crippen LogP contribution in [0.4, 0.5) is 0 Å². The SMILES string of the molecule is CCCOCCOCCOc1ccc(C(C)C)cc1OCCOCCOCCOCCOc1ccc(C(C)C)cc1OCCO. The minimum absolute atomic E-state index is 0.0520. The molecule has 0 amide bonds. The Kier molecular flexibility index (Phi) is 21.1. The lowest BCUT2D eigenvalue weighted by atomic mass is 10.0. The van der Waals surface area contributed by atoms with Crippen LogP contribution in [0.15, 0.2) is 36.4 Å². The molecule has 0 radical (unpaired) electrons. The molecule has 0 aromatic heterocycles. The molecule has 0 saturated carbocycles. The van der Waals surface area contributed by atoms with Gasteiger partial charge in [-0.15, -0.1) is 0 Å². The quantitative estimate of drug-likeness (QED) is 0.118. The molecule has 0 aliphatic rings. The molecule has 45 heavy (non-hydrogen) atoms. The first-order chi connectivity index (χ1) is 22.0. The molecule has 0 heterocycles. The van der Waals surface area contributed by atoms with E-state index in [2.05, 4.69) is 40.7 Å². The van der Waals surface area contributed by atoms with Crippen molar-refractivity contribution in [2.24, 2.45) is 0 Å². The van der Waals surface area contributed by atoms with Crippen LogP contribution in [0.1, 0.15) is 64.0 Å². The highest BCUT2D eigenvalue weighted by molar-refractivity contribution is 5.44. The van der Waals surface area contributed by atoms with Crippen molar-refractivity contribution in [1.82, 2.24) is 0 Å². The summed E-state index contributed by atoms with van der Waals surface area (Å²) in [6.45, 7) is 17.1. The lowest BCUT2D eigenvalue weighted by molar-refractivity contribution is 0.00463. The summed E-state index contributed by atoms with van der Waals surface area (Å²) in [5.74, 6) is 3.42. The molecule has 2 aromatic rings. The molecule has 10 heteroatoms. The van der Waals surface area contributed by atoms with Crippen LogP contribution in [-0.2, 0) is 23.7 Å². The zero-order valence-electron chi connectivity index (χ0n) is 28.1. The standard InChI is InChI=1S/C35H56O10/c1-6-12-37-14-15-39-20-24-44-33-10-8-31(29(4)5)27-35(33)45-25-22-41-19-17-38-16-18-40-21-23-43-32-9-7-30(28(2)3)26-34(32)42-13-11-36/h7-10,26-29,36H,6,11-25H2,1-5H3. The molecule has 256 valence electrons. The van der Waals surface area contributed by atoms with Crippen molar-refractivity contribution in [2.75, 3.05) is 99.1 Å². The van der Waals surface area contributed by atoms with Gasteiger partial charge in [0.15, 0.2) is 23.0 Å². The Labute approximate surface area is 270 Å². The van der Waals surface area contributed by atoms with Gasteiger partial charge in [0.05, 0.1) is 66.1 Å². The zero-order chi connectivity index (χ0) is 32.5. The maximum Gasteiger partial charge on any atom is 0.161 e. The van der Waals surface area contributed by atoms with E-state index in [9.17, 15) is 0 Å². The van der Waals surface area contributed by atoms with E-state index in [4.69, 9.17) is 47.7 Å². The van der Waals surface area contributed by atoms with Crippen LogP contribution < -0.4 is 18.9 Å². The second-order valence-electron chi connectivity index (χ2n) is 10.9. The third kappa shape index (κ3) is 17.0. The third-order valence-electron chi connectivity index (χ3n) is 6.54. The summed E-state index contributed by atoms with van der Waals surface area (Å²) >= 11 is 0. The predicted molar refractivity (Wildman–Crippen MR) is 175 cm³/mol. The maximum atomic E-state index is 9.10. The number of rotatable bonds is 28. The average Bonchev–Trinajstić information content (AvgIpc) is 3.04. The fraction of sp³-hybridized carbons (Fsp3) is 0.657. The summed E-state index contributed by atoms with van der Waals surface area (Å²) in [6.07, 6.45) is 1.01. The van der Waals surface area contributed by atoms with Crippen molar-refractivity contribution < 1.29 is 47.7 Å². The minimum atomic E-state index is -0.0520. The highest BCUT2D eigenvalue weighted by atomic mass is 16.6. The predicted octanol–water partition coefficient (Wildman–Crippen LogP) is 5.63. The normalized spacial score (nSPS) is 11.4. The lowest BCUT2D eigenvalue weighted by Crippen LogP contribution is -2.15. The molecule has 0 atom stereocenters. The molecule has 2 rings (SSSR count). The minimum Gasteiger partial charge on any atom is -0.487 e. The van der Waals surface area contributed by atoms with Crippen LogP contribution in [0.5, 0.6) is 23.0 Å². The second-order valence-corrected chi connectivity index (χ2v) is 10.9. The van der Waals surface area contributed by atoms with Crippen LogP contribution in [0.3, 0.4) is 0 Å². The van der Waals surface area contributed by atoms with E-state index in [1.807, 2.05) is 30.3 Å². The molecule has 2 aromatic carbocycles. The topological polar surface area (TPSA) is 103 Å². The van der Waals surface area contributed by atoms with Crippen molar-refractivity contribution in [1.29, 1.82) is 0 Å². The van der Waals surface area contributed by atoms with E-state index >= 15 is 0 Å². The van der Waals surface area contributed by atoms with Gasteiger partial charge >= 0.3 is 0 Å². The van der Waals surface area contributed by atoms with Crippen molar-refractivity contribution >= 4 is 0 Å². The molecule has 1 N–H and O–H groups in total. The summed E-state index contributed by atoms with van der Waals surface area (Å²) in [5, 5.41) is 9.10. The largest absolute Gasteiger partial charge is 0.487 e. The molecule has 0 bridgehead atoms. The van der Waals surface area contributed by atoms with Crippen LogP contribution in [0, 0.1) is 0 Å². The average molecular weight is 637 g/mol. The lowest BCUT2D eigenvalue weighted by Gasteiger charge is -2.16. The molecule has 0 spiro atoms. The Hall–Kier alpha value is -2.60. The fourth-order valence-corrected chi connectivity index (χ4v) is 4.03. The maximum absolute atomic E-state index is 9.10. The summed E-state index contributed by atoms with van der Waals surface area (Å²) < 4.78 is 51.3. The van der Waals surface area contributed by atoms with E-state index < -0.39 is 0 Å². The van der Waals surface area contributed by atoms with Crippen LogP contribution >= 0.6 is 0 Å². The Morgan fingerprint density at radius 1 is 0.444 bits per heavy atom.